The molecular formula is C25H26N2O6. The lowest BCUT2D eigenvalue weighted by molar-refractivity contribution is -0.134. The summed E-state index contributed by atoms with van der Waals surface area (Å²) in [6.07, 6.45) is 1.65. The number of hydrogen-bond donors (Lipinski definition) is 0. The first-order valence-electron chi connectivity index (χ1n) is 10.7. The Bertz CT molecular complexity index is 1070. The SMILES string of the molecule is COc1cccc(OCC(=O)N2CCOCCOc3ccccc3Oc3ncccc3C2)c1. The maximum Gasteiger partial charge on any atom is 0.260 e. The smallest absolute Gasteiger partial charge is 0.260 e. The van der Waals surface area contributed by atoms with E-state index in [0.29, 0.717) is 61.8 Å². The number of pyridine rings is 1. The van der Waals surface area contributed by atoms with Crippen LogP contribution in [0.3, 0.4) is 0 Å². The standard InChI is InChI=1S/C25H26N2O6/c1-29-20-7-4-8-21(16-20)32-18-24(28)27-12-13-30-14-15-31-22-9-2-3-10-23(22)33-25-19(17-27)6-5-11-26-25/h2-11,16H,12-15,17-18H2,1H3. The second kappa shape index (κ2) is 11.2. The number of carbonyl (C=O) groups is 1. The van der Waals surface area contributed by atoms with Crippen LogP contribution in [-0.4, -0.2) is 55.9 Å². The monoisotopic (exact) mass is 450 g/mol. The van der Waals surface area contributed by atoms with Gasteiger partial charge in [-0.1, -0.05) is 24.3 Å². The number of nitrogens with zero attached hydrogens (tertiary/aromatic N) is 2. The van der Waals surface area contributed by atoms with Crippen molar-refractivity contribution < 1.29 is 28.5 Å². The summed E-state index contributed by atoms with van der Waals surface area (Å²) >= 11 is 0. The Morgan fingerprint density at radius 3 is 2.73 bits per heavy atom. The van der Waals surface area contributed by atoms with E-state index in [0.717, 1.165) is 5.56 Å². The van der Waals surface area contributed by atoms with Crippen LogP contribution in [0.25, 0.3) is 0 Å². The Morgan fingerprint density at radius 1 is 1.00 bits per heavy atom. The van der Waals surface area contributed by atoms with Crippen molar-refractivity contribution in [3.63, 3.8) is 0 Å². The quantitative estimate of drug-likeness (QED) is 0.600. The van der Waals surface area contributed by atoms with Crippen molar-refractivity contribution >= 4 is 5.91 Å². The molecule has 0 unspecified atom stereocenters. The van der Waals surface area contributed by atoms with Crippen LogP contribution >= 0.6 is 0 Å². The van der Waals surface area contributed by atoms with E-state index in [2.05, 4.69) is 4.98 Å². The van der Waals surface area contributed by atoms with E-state index >= 15 is 0 Å². The predicted octanol–water partition coefficient (Wildman–Crippen LogP) is 3.70. The van der Waals surface area contributed by atoms with Crippen LogP contribution in [0.4, 0.5) is 0 Å². The highest BCUT2D eigenvalue weighted by Gasteiger charge is 2.19. The third-order valence-corrected chi connectivity index (χ3v) is 5.01. The van der Waals surface area contributed by atoms with Gasteiger partial charge in [-0.05, 0) is 30.3 Å². The number of aromatic nitrogens is 1. The molecule has 0 spiro atoms. The second-order valence-electron chi connectivity index (χ2n) is 7.26. The van der Waals surface area contributed by atoms with Crippen LogP contribution in [-0.2, 0) is 16.1 Å². The normalized spacial score (nSPS) is 14.2. The molecule has 8 nitrogen and oxygen atoms in total. The van der Waals surface area contributed by atoms with Crippen LogP contribution in [0.1, 0.15) is 5.56 Å². The molecule has 8 heteroatoms. The van der Waals surface area contributed by atoms with E-state index in [1.165, 1.54) is 0 Å². The molecule has 0 saturated heterocycles. The summed E-state index contributed by atoms with van der Waals surface area (Å²) in [4.78, 5) is 19.1. The van der Waals surface area contributed by atoms with Gasteiger partial charge in [0.15, 0.2) is 18.1 Å². The molecule has 0 bridgehead atoms. The summed E-state index contributed by atoms with van der Waals surface area (Å²) < 4.78 is 28.5. The highest BCUT2D eigenvalue weighted by atomic mass is 16.5. The minimum absolute atomic E-state index is 0.116. The third-order valence-electron chi connectivity index (χ3n) is 5.01. The first-order chi connectivity index (χ1) is 16.2. The van der Waals surface area contributed by atoms with Crippen molar-refractivity contribution in [2.75, 3.05) is 40.1 Å². The van der Waals surface area contributed by atoms with Crippen molar-refractivity contribution in [2.24, 2.45) is 0 Å². The molecule has 33 heavy (non-hydrogen) atoms. The minimum Gasteiger partial charge on any atom is -0.497 e. The van der Waals surface area contributed by atoms with E-state index in [1.807, 2.05) is 48.5 Å². The number of fused-ring (bicyclic) bond motifs is 2. The van der Waals surface area contributed by atoms with Gasteiger partial charge in [-0.25, -0.2) is 4.98 Å². The average molecular weight is 450 g/mol. The van der Waals surface area contributed by atoms with Gasteiger partial charge in [-0.2, -0.15) is 0 Å². The molecule has 0 radical (unpaired) electrons. The van der Waals surface area contributed by atoms with Crippen LogP contribution in [0, 0.1) is 0 Å². The first-order valence-corrected chi connectivity index (χ1v) is 10.7. The van der Waals surface area contributed by atoms with E-state index in [9.17, 15) is 4.79 Å². The molecular weight excluding hydrogens is 424 g/mol. The third kappa shape index (κ3) is 6.14. The Labute approximate surface area is 192 Å². The Balaban J connectivity index is 1.52. The maximum atomic E-state index is 13.0. The lowest BCUT2D eigenvalue weighted by atomic mass is 10.2. The van der Waals surface area contributed by atoms with E-state index in [1.54, 1.807) is 30.3 Å². The topological polar surface area (TPSA) is 79.4 Å². The van der Waals surface area contributed by atoms with Gasteiger partial charge in [-0.3, -0.25) is 4.79 Å². The molecule has 3 aromatic rings. The molecule has 172 valence electrons. The molecule has 0 N–H and O–H groups in total. The summed E-state index contributed by atoms with van der Waals surface area (Å²) in [5.41, 5.74) is 0.765. The number of benzene rings is 2. The Kier molecular flexibility index (Phi) is 7.60. The molecule has 1 aromatic heterocycles. The fraction of sp³-hybridized carbons (Fsp3) is 0.280. The summed E-state index contributed by atoms with van der Waals surface area (Å²) in [7, 11) is 1.58. The number of carbonyl (C=O) groups excluding carboxylic acids is 1. The zero-order chi connectivity index (χ0) is 22.9. The van der Waals surface area contributed by atoms with Gasteiger partial charge in [0.05, 0.1) is 26.9 Å². The Hall–Kier alpha value is -3.78. The lowest BCUT2D eigenvalue weighted by Gasteiger charge is -2.23. The van der Waals surface area contributed by atoms with Crippen molar-refractivity contribution in [3.8, 4) is 28.9 Å². The minimum atomic E-state index is -0.178. The van der Waals surface area contributed by atoms with E-state index in [4.69, 9.17) is 23.7 Å². The van der Waals surface area contributed by atoms with Crippen LogP contribution in [0.5, 0.6) is 28.9 Å². The molecule has 0 atom stereocenters. The zero-order valence-corrected chi connectivity index (χ0v) is 18.4. The lowest BCUT2D eigenvalue weighted by Crippen LogP contribution is -2.37. The highest BCUT2D eigenvalue weighted by molar-refractivity contribution is 5.77. The average Bonchev–Trinajstić information content (AvgIpc) is 2.87. The number of para-hydroxylation sites is 2. The molecule has 4 rings (SSSR count). The molecule has 0 aliphatic carbocycles. The molecule has 1 amide bonds. The van der Waals surface area contributed by atoms with Crippen molar-refractivity contribution in [1.82, 2.24) is 9.88 Å². The van der Waals surface area contributed by atoms with Crippen LogP contribution < -0.4 is 18.9 Å². The molecule has 2 heterocycles. The van der Waals surface area contributed by atoms with Gasteiger partial charge in [-0.15, -0.1) is 0 Å². The van der Waals surface area contributed by atoms with Gasteiger partial charge < -0.3 is 28.6 Å². The molecule has 2 aromatic carbocycles. The summed E-state index contributed by atoms with van der Waals surface area (Å²) in [6.45, 7) is 1.70. The summed E-state index contributed by atoms with van der Waals surface area (Å²) in [6, 6.07) is 18.2. The number of ether oxygens (including phenoxy) is 5. The van der Waals surface area contributed by atoms with E-state index in [-0.39, 0.29) is 12.5 Å². The number of hydrogen-bond acceptors (Lipinski definition) is 7. The predicted molar refractivity (Wildman–Crippen MR) is 121 cm³/mol. The van der Waals surface area contributed by atoms with Gasteiger partial charge in [0.25, 0.3) is 5.91 Å². The second-order valence-corrected chi connectivity index (χ2v) is 7.26. The molecule has 0 fully saturated rings. The summed E-state index contributed by atoms with van der Waals surface area (Å²) in [5, 5.41) is 0. The van der Waals surface area contributed by atoms with Gasteiger partial charge in [0.1, 0.15) is 18.1 Å². The van der Waals surface area contributed by atoms with Crippen molar-refractivity contribution in [1.29, 1.82) is 0 Å². The van der Waals surface area contributed by atoms with Crippen LogP contribution in [0.2, 0.25) is 0 Å². The Morgan fingerprint density at radius 2 is 1.85 bits per heavy atom. The zero-order valence-electron chi connectivity index (χ0n) is 18.4. The number of amides is 1. The van der Waals surface area contributed by atoms with Crippen molar-refractivity contribution in [3.05, 3.63) is 72.4 Å². The van der Waals surface area contributed by atoms with Gasteiger partial charge >= 0.3 is 0 Å². The molecule has 1 aliphatic heterocycles. The fourth-order valence-electron chi connectivity index (χ4n) is 3.31. The number of rotatable bonds is 4. The molecule has 0 saturated carbocycles. The highest BCUT2D eigenvalue weighted by Crippen LogP contribution is 2.32. The van der Waals surface area contributed by atoms with E-state index < -0.39 is 0 Å². The summed E-state index contributed by atoms with van der Waals surface area (Å²) in [5.74, 6) is 2.62. The first kappa shape index (κ1) is 22.4. The van der Waals surface area contributed by atoms with Crippen LogP contribution in [0.15, 0.2) is 66.9 Å². The van der Waals surface area contributed by atoms with Crippen molar-refractivity contribution in [2.45, 2.75) is 6.54 Å². The number of methoxy groups -OCH3 is 1. The fourth-order valence-corrected chi connectivity index (χ4v) is 3.31. The molecule has 1 aliphatic rings. The van der Waals surface area contributed by atoms with Gasteiger partial charge in [0.2, 0.25) is 5.88 Å². The largest absolute Gasteiger partial charge is 0.497 e. The maximum absolute atomic E-state index is 13.0. The van der Waals surface area contributed by atoms with Gasteiger partial charge in [0, 0.05) is 24.4 Å².